The summed E-state index contributed by atoms with van der Waals surface area (Å²) >= 11 is 0. The molecular formula is C23H39FN4O2. The molecule has 6 nitrogen and oxygen atoms in total. The molecule has 4 rings (SSSR count). The second-order valence-corrected chi connectivity index (χ2v) is 10.3. The number of amides is 2. The van der Waals surface area contributed by atoms with E-state index >= 15 is 0 Å². The van der Waals surface area contributed by atoms with Crippen LogP contribution in [-0.4, -0.2) is 77.6 Å². The van der Waals surface area contributed by atoms with Crippen molar-refractivity contribution in [1.82, 2.24) is 20.4 Å². The topological polar surface area (TPSA) is 64.7 Å². The first-order valence-electron chi connectivity index (χ1n) is 12.0. The predicted molar refractivity (Wildman–Crippen MR) is 115 cm³/mol. The number of nitrogens with zero attached hydrogens (tertiary/aromatic N) is 2. The highest BCUT2D eigenvalue weighted by Gasteiger charge is 2.46. The largest absolute Gasteiger partial charge is 0.352 e. The molecule has 30 heavy (non-hydrogen) atoms. The summed E-state index contributed by atoms with van der Waals surface area (Å²) in [6.45, 7) is 8.57. The zero-order valence-electron chi connectivity index (χ0n) is 18.8. The summed E-state index contributed by atoms with van der Waals surface area (Å²) in [5.74, 6) is 0.645. The summed E-state index contributed by atoms with van der Waals surface area (Å²) < 4.78 is 14.4. The molecule has 0 aromatic rings. The third-order valence-corrected chi connectivity index (χ3v) is 8.23. The number of carbonyl (C=O) groups excluding carboxylic acids is 2. The SMILES string of the molecule is CC(=O)N1CCN([C@@H]2CCC[C@@H](NC(=O)C3CC4C(F)CCC(C)C4N3)C2)C[C@H]1C. The van der Waals surface area contributed by atoms with Gasteiger partial charge in [0.05, 0.1) is 6.04 Å². The van der Waals surface area contributed by atoms with E-state index in [4.69, 9.17) is 0 Å². The van der Waals surface area contributed by atoms with Gasteiger partial charge < -0.3 is 15.5 Å². The Labute approximate surface area is 180 Å². The lowest BCUT2D eigenvalue weighted by Crippen LogP contribution is -2.58. The summed E-state index contributed by atoms with van der Waals surface area (Å²) in [5, 5.41) is 6.75. The fourth-order valence-corrected chi connectivity index (χ4v) is 6.51. The van der Waals surface area contributed by atoms with Crippen molar-refractivity contribution >= 4 is 11.8 Å². The van der Waals surface area contributed by atoms with Crippen LogP contribution in [0.1, 0.15) is 65.7 Å². The second kappa shape index (κ2) is 9.11. The van der Waals surface area contributed by atoms with E-state index in [1.165, 1.54) is 0 Å². The summed E-state index contributed by atoms with van der Waals surface area (Å²) in [4.78, 5) is 29.2. The highest BCUT2D eigenvalue weighted by molar-refractivity contribution is 5.82. The average Bonchev–Trinajstić information content (AvgIpc) is 3.18. The standard InChI is InChI=1S/C23H39FN4O2/c1-14-7-8-20(24)19-12-21(26-22(14)19)23(30)25-17-5-4-6-18(11-17)27-9-10-28(16(3)29)15(2)13-27/h14-15,17-22,26H,4-13H2,1-3H3,(H,25,30)/t14?,15-,17-,18-,19?,20?,21?,22?/m1/s1. The number of rotatable bonds is 3. The maximum atomic E-state index is 14.4. The van der Waals surface area contributed by atoms with Crippen LogP contribution in [0.3, 0.4) is 0 Å². The van der Waals surface area contributed by atoms with Gasteiger partial charge in [0, 0.05) is 56.6 Å². The van der Waals surface area contributed by atoms with E-state index in [0.29, 0.717) is 24.8 Å². The molecule has 8 atom stereocenters. The summed E-state index contributed by atoms with van der Waals surface area (Å²) in [6, 6.07) is 0.796. The lowest BCUT2D eigenvalue weighted by molar-refractivity contribution is -0.134. The first kappa shape index (κ1) is 22.0. The molecular weight excluding hydrogens is 383 g/mol. The predicted octanol–water partition coefficient (Wildman–Crippen LogP) is 2.08. The van der Waals surface area contributed by atoms with Gasteiger partial charge in [-0.15, -0.1) is 0 Å². The first-order valence-corrected chi connectivity index (χ1v) is 12.0. The van der Waals surface area contributed by atoms with Gasteiger partial charge in [0.25, 0.3) is 0 Å². The molecule has 0 spiro atoms. The van der Waals surface area contributed by atoms with E-state index in [9.17, 15) is 14.0 Å². The Hall–Kier alpha value is -1.21. The third kappa shape index (κ3) is 4.52. The van der Waals surface area contributed by atoms with Gasteiger partial charge in [-0.2, -0.15) is 0 Å². The third-order valence-electron chi connectivity index (χ3n) is 8.23. The van der Waals surface area contributed by atoms with Crippen LogP contribution in [0, 0.1) is 11.8 Å². The van der Waals surface area contributed by atoms with Gasteiger partial charge in [0.2, 0.25) is 11.8 Å². The minimum Gasteiger partial charge on any atom is -0.352 e. The van der Waals surface area contributed by atoms with Crippen molar-refractivity contribution in [2.75, 3.05) is 19.6 Å². The van der Waals surface area contributed by atoms with Crippen LogP contribution in [0.2, 0.25) is 0 Å². The number of nitrogens with one attached hydrogen (secondary N) is 2. The van der Waals surface area contributed by atoms with Crippen molar-refractivity contribution in [3.8, 4) is 0 Å². The Morgan fingerprint density at radius 3 is 2.57 bits per heavy atom. The van der Waals surface area contributed by atoms with Gasteiger partial charge in [-0.25, -0.2) is 4.39 Å². The quantitative estimate of drug-likeness (QED) is 0.731. The maximum Gasteiger partial charge on any atom is 0.237 e. The average molecular weight is 423 g/mol. The second-order valence-electron chi connectivity index (χ2n) is 10.3. The smallest absolute Gasteiger partial charge is 0.237 e. The van der Waals surface area contributed by atoms with E-state index in [2.05, 4.69) is 29.4 Å². The van der Waals surface area contributed by atoms with Crippen LogP contribution < -0.4 is 10.6 Å². The molecule has 0 radical (unpaired) electrons. The number of carbonyl (C=O) groups is 2. The number of hydrogen-bond acceptors (Lipinski definition) is 4. The Morgan fingerprint density at radius 2 is 1.87 bits per heavy atom. The highest BCUT2D eigenvalue weighted by atomic mass is 19.1. The molecule has 2 aliphatic heterocycles. The minimum absolute atomic E-state index is 0.0114. The van der Waals surface area contributed by atoms with Crippen LogP contribution in [0.25, 0.3) is 0 Å². The van der Waals surface area contributed by atoms with E-state index in [-0.39, 0.29) is 41.9 Å². The fourth-order valence-electron chi connectivity index (χ4n) is 6.51. The van der Waals surface area contributed by atoms with Crippen LogP contribution in [0.15, 0.2) is 0 Å². The molecule has 2 heterocycles. The van der Waals surface area contributed by atoms with Crippen molar-refractivity contribution < 1.29 is 14.0 Å². The van der Waals surface area contributed by atoms with Gasteiger partial charge in [-0.3, -0.25) is 14.5 Å². The van der Waals surface area contributed by atoms with Gasteiger partial charge >= 0.3 is 0 Å². The molecule has 170 valence electrons. The Morgan fingerprint density at radius 1 is 1.07 bits per heavy atom. The van der Waals surface area contributed by atoms with Crippen LogP contribution in [0.4, 0.5) is 4.39 Å². The molecule has 7 heteroatoms. The van der Waals surface area contributed by atoms with Crippen LogP contribution >= 0.6 is 0 Å². The van der Waals surface area contributed by atoms with Crippen molar-refractivity contribution in [2.24, 2.45) is 11.8 Å². The van der Waals surface area contributed by atoms with Gasteiger partial charge in [0.1, 0.15) is 6.17 Å². The maximum absolute atomic E-state index is 14.4. The van der Waals surface area contributed by atoms with Crippen LogP contribution in [0.5, 0.6) is 0 Å². The minimum atomic E-state index is -0.772. The molecule has 0 aromatic heterocycles. The van der Waals surface area contributed by atoms with Gasteiger partial charge in [-0.05, 0) is 57.8 Å². The fraction of sp³-hybridized carbons (Fsp3) is 0.913. The Kier molecular flexibility index (Phi) is 6.68. The normalized spacial score (nSPS) is 42.6. The zero-order chi connectivity index (χ0) is 21.4. The Bertz CT molecular complexity index is 629. The van der Waals surface area contributed by atoms with E-state index in [1.807, 2.05) is 4.90 Å². The molecule has 2 saturated heterocycles. The molecule has 2 aliphatic carbocycles. The number of piperazine rings is 1. The molecule has 4 fully saturated rings. The van der Waals surface area contributed by atoms with E-state index in [0.717, 1.165) is 51.7 Å². The van der Waals surface area contributed by atoms with Crippen LogP contribution in [-0.2, 0) is 9.59 Å². The van der Waals surface area contributed by atoms with Gasteiger partial charge in [-0.1, -0.05) is 6.92 Å². The number of hydrogen-bond donors (Lipinski definition) is 2. The first-order chi connectivity index (χ1) is 14.3. The highest BCUT2D eigenvalue weighted by Crippen LogP contribution is 2.38. The molecule has 0 aromatic carbocycles. The van der Waals surface area contributed by atoms with E-state index in [1.54, 1.807) is 6.92 Å². The van der Waals surface area contributed by atoms with E-state index < -0.39 is 6.17 Å². The lowest BCUT2D eigenvalue weighted by atomic mass is 9.77. The Balaban J connectivity index is 1.29. The van der Waals surface area contributed by atoms with Gasteiger partial charge in [0.15, 0.2) is 0 Å². The molecule has 0 bridgehead atoms. The van der Waals surface area contributed by atoms with Crippen molar-refractivity contribution in [3.63, 3.8) is 0 Å². The molecule has 2 saturated carbocycles. The van der Waals surface area contributed by atoms with Crippen molar-refractivity contribution in [1.29, 1.82) is 0 Å². The molecule has 5 unspecified atom stereocenters. The summed E-state index contributed by atoms with van der Waals surface area (Å²) in [7, 11) is 0. The number of alkyl halides is 1. The summed E-state index contributed by atoms with van der Waals surface area (Å²) in [6.07, 6.45) is 5.67. The lowest BCUT2D eigenvalue weighted by Gasteiger charge is -2.45. The molecule has 2 amide bonds. The number of fused-ring (bicyclic) bond motifs is 1. The van der Waals surface area contributed by atoms with Crippen molar-refractivity contribution in [2.45, 2.75) is 102 Å². The summed E-state index contributed by atoms with van der Waals surface area (Å²) in [5.41, 5.74) is 0. The monoisotopic (exact) mass is 422 g/mol. The molecule has 2 N–H and O–H groups in total. The van der Waals surface area contributed by atoms with Crippen molar-refractivity contribution in [3.05, 3.63) is 0 Å². The molecule has 4 aliphatic rings. The zero-order valence-corrected chi connectivity index (χ0v) is 18.8. The number of halogens is 1.